The number of pyridine rings is 1. The first-order valence-corrected chi connectivity index (χ1v) is 9.09. The van der Waals surface area contributed by atoms with Crippen LogP contribution in [0.3, 0.4) is 0 Å². The van der Waals surface area contributed by atoms with Gasteiger partial charge in [0.15, 0.2) is 11.6 Å². The minimum Gasteiger partial charge on any atom is -0.448 e. The number of nitriles is 1. The van der Waals surface area contributed by atoms with Gasteiger partial charge in [-0.15, -0.1) is 0 Å². The Morgan fingerprint density at radius 2 is 2.19 bits per heavy atom. The Labute approximate surface area is 151 Å². The molecule has 7 nitrogen and oxygen atoms in total. The van der Waals surface area contributed by atoms with E-state index in [0.29, 0.717) is 29.6 Å². The molecule has 4 heterocycles. The van der Waals surface area contributed by atoms with Gasteiger partial charge in [0.25, 0.3) is 5.91 Å². The largest absolute Gasteiger partial charge is 0.448 e. The highest BCUT2D eigenvalue weighted by atomic mass is 16.3. The number of oxazole rings is 1. The third-order valence-corrected chi connectivity index (χ3v) is 5.60. The number of hydrogen-bond acceptors (Lipinski definition) is 6. The SMILES string of the molecule is N#Cc1ccc(N2C[C@@H]3C[C@H]2CN3C(=O)c2coc(CC3CC3)n2)nc1. The Morgan fingerprint density at radius 1 is 1.31 bits per heavy atom. The van der Waals surface area contributed by atoms with Gasteiger partial charge in [-0.25, -0.2) is 9.97 Å². The standard InChI is InChI=1S/C19H19N5O2/c20-7-13-3-4-17(21-8-13)23-9-15-6-14(23)10-24(15)19(25)16-11-26-18(22-16)5-12-1-2-12/h3-4,8,11-12,14-15H,1-2,5-6,9-10H2/t14-,15-/m0/s1. The van der Waals surface area contributed by atoms with Gasteiger partial charge in [0.05, 0.1) is 17.6 Å². The maximum Gasteiger partial charge on any atom is 0.276 e. The van der Waals surface area contributed by atoms with Crippen molar-refractivity contribution < 1.29 is 9.21 Å². The van der Waals surface area contributed by atoms with Gasteiger partial charge in [0.2, 0.25) is 0 Å². The molecule has 2 bridgehead atoms. The van der Waals surface area contributed by atoms with E-state index in [1.165, 1.54) is 19.1 Å². The van der Waals surface area contributed by atoms with Crippen molar-refractivity contribution in [2.75, 3.05) is 18.0 Å². The average molecular weight is 349 g/mol. The second-order valence-electron chi connectivity index (χ2n) is 7.44. The zero-order chi connectivity index (χ0) is 17.7. The lowest BCUT2D eigenvalue weighted by Crippen LogP contribution is -2.49. The van der Waals surface area contributed by atoms with Crippen molar-refractivity contribution in [1.82, 2.24) is 14.9 Å². The molecule has 0 aromatic carbocycles. The van der Waals surface area contributed by atoms with E-state index < -0.39 is 0 Å². The summed E-state index contributed by atoms with van der Waals surface area (Å²) in [4.78, 5) is 25.8. The number of anilines is 1. The molecule has 1 aliphatic carbocycles. The molecule has 1 saturated carbocycles. The smallest absolute Gasteiger partial charge is 0.276 e. The van der Waals surface area contributed by atoms with Crippen molar-refractivity contribution in [3.05, 3.63) is 41.7 Å². The molecular weight excluding hydrogens is 330 g/mol. The van der Waals surface area contributed by atoms with Gasteiger partial charge >= 0.3 is 0 Å². The normalized spacial score (nSPS) is 24.1. The summed E-state index contributed by atoms with van der Waals surface area (Å²) >= 11 is 0. The minimum atomic E-state index is -0.0317. The molecule has 0 N–H and O–H groups in total. The number of aromatic nitrogens is 2. The van der Waals surface area contributed by atoms with Crippen LogP contribution in [0.4, 0.5) is 5.82 Å². The molecule has 2 aliphatic heterocycles. The van der Waals surface area contributed by atoms with Crippen LogP contribution in [0.15, 0.2) is 29.0 Å². The molecule has 2 aromatic heterocycles. The molecule has 26 heavy (non-hydrogen) atoms. The number of amides is 1. The fraction of sp³-hybridized carbons (Fsp3) is 0.474. The van der Waals surface area contributed by atoms with Gasteiger partial charge in [0.1, 0.15) is 18.2 Å². The highest BCUT2D eigenvalue weighted by Gasteiger charge is 2.46. The topological polar surface area (TPSA) is 86.3 Å². The lowest BCUT2D eigenvalue weighted by Gasteiger charge is -2.34. The monoisotopic (exact) mass is 349 g/mol. The zero-order valence-electron chi connectivity index (χ0n) is 14.3. The Kier molecular flexibility index (Phi) is 3.45. The summed E-state index contributed by atoms with van der Waals surface area (Å²) in [7, 11) is 0. The van der Waals surface area contributed by atoms with Crippen molar-refractivity contribution in [2.24, 2.45) is 5.92 Å². The summed E-state index contributed by atoms with van der Waals surface area (Å²) in [5.74, 6) is 2.21. The lowest BCUT2D eigenvalue weighted by atomic mass is 10.2. The third-order valence-electron chi connectivity index (χ3n) is 5.60. The van der Waals surface area contributed by atoms with Crippen molar-refractivity contribution in [1.29, 1.82) is 5.26 Å². The molecule has 2 saturated heterocycles. The average Bonchev–Trinajstić information content (AvgIpc) is 3.08. The van der Waals surface area contributed by atoms with E-state index in [1.54, 1.807) is 12.3 Å². The number of hydrogen-bond donors (Lipinski definition) is 0. The molecule has 1 amide bonds. The quantitative estimate of drug-likeness (QED) is 0.839. The molecule has 0 radical (unpaired) electrons. The van der Waals surface area contributed by atoms with Crippen LogP contribution in [0.2, 0.25) is 0 Å². The van der Waals surface area contributed by atoms with Crippen molar-refractivity contribution in [3.63, 3.8) is 0 Å². The first kappa shape index (κ1) is 15.4. The number of nitrogens with zero attached hydrogens (tertiary/aromatic N) is 5. The maximum atomic E-state index is 12.8. The summed E-state index contributed by atoms with van der Waals surface area (Å²) in [5.41, 5.74) is 0.985. The highest BCUT2D eigenvalue weighted by Crippen LogP contribution is 2.35. The third kappa shape index (κ3) is 2.62. The van der Waals surface area contributed by atoms with Gasteiger partial charge in [-0.05, 0) is 37.3 Å². The van der Waals surface area contributed by atoms with E-state index in [1.807, 2.05) is 11.0 Å². The van der Waals surface area contributed by atoms with E-state index in [2.05, 4.69) is 20.9 Å². The predicted molar refractivity (Wildman–Crippen MR) is 92.5 cm³/mol. The summed E-state index contributed by atoms with van der Waals surface area (Å²) in [6.07, 6.45) is 7.37. The van der Waals surface area contributed by atoms with Crippen LogP contribution < -0.4 is 4.90 Å². The lowest BCUT2D eigenvalue weighted by molar-refractivity contribution is 0.0719. The van der Waals surface area contributed by atoms with Crippen LogP contribution in [-0.2, 0) is 6.42 Å². The summed E-state index contributed by atoms with van der Waals surface area (Å²) in [6, 6.07) is 6.20. The molecular formula is C19H19N5O2. The number of rotatable bonds is 4. The van der Waals surface area contributed by atoms with E-state index in [4.69, 9.17) is 9.68 Å². The van der Waals surface area contributed by atoms with Crippen molar-refractivity contribution >= 4 is 11.7 Å². The Morgan fingerprint density at radius 3 is 2.85 bits per heavy atom. The number of fused-ring (bicyclic) bond motifs is 2. The van der Waals surface area contributed by atoms with Gasteiger partial charge in [-0.1, -0.05) is 0 Å². The highest BCUT2D eigenvalue weighted by molar-refractivity contribution is 5.92. The zero-order valence-corrected chi connectivity index (χ0v) is 14.3. The Bertz CT molecular complexity index is 880. The van der Waals surface area contributed by atoms with Gasteiger partial charge in [-0.3, -0.25) is 4.79 Å². The minimum absolute atomic E-state index is 0.0317. The van der Waals surface area contributed by atoms with Crippen LogP contribution in [0.25, 0.3) is 0 Å². The fourth-order valence-electron chi connectivity index (χ4n) is 4.04. The Balaban J connectivity index is 1.26. The van der Waals surface area contributed by atoms with Crippen LogP contribution >= 0.6 is 0 Å². The van der Waals surface area contributed by atoms with Gasteiger partial charge in [0, 0.05) is 25.7 Å². The first-order valence-electron chi connectivity index (χ1n) is 9.09. The molecule has 3 aliphatic rings. The first-order chi connectivity index (χ1) is 12.7. The Hall–Kier alpha value is -2.88. The molecule has 3 fully saturated rings. The van der Waals surface area contributed by atoms with Crippen LogP contribution in [0.5, 0.6) is 0 Å². The van der Waals surface area contributed by atoms with Crippen LogP contribution in [-0.4, -0.2) is 45.9 Å². The maximum absolute atomic E-state index is 12.8. The van der Waals surface area contributed by atoms with E-state index in [-0.39, 0.29) is 18.0 Å². The second kappa shape index (κ2) is 5.84. The van der Waals surface area contributed by atoms with E-state index >= 15 is 0 Å². The summed E-state index contributed by atoms with van der Waals surface area (Å²) in [5, 5.41) is 8.90. The summed E-state index contributed by atoms with van der Waals surface area (Å²) < 4.78 is 5.48. The number of carbonyl (C=O) groups is 1. The molecule has 0 spiro atoms. The number of likely N-dealkylation sites (tertiary alicyclic amines) is 1. The second-order valence-corrected chi connectivity index (χ2v) is 7.44. The molecule has 0 unspecified atom stereocenters. The molecule has 5 rings (SSSR count). The van der Waals surface area contributed by atoms with Crippen LogP contribution in [0.1, 0.15) is 41.2 Å². The molecule has 7 heteroatoms. The van der Waals surface area contributed by atoms with Crippen LogP contribution in [0, 0.1) is 17.2 Å². The van der Waals surface area contributed by atoms with E-state index in [9.17, 15) is 4.79 Å². The fourth-order valence-corrected chi connectivity index (χ4v) is 4.04. The molecule has 2 aromatic rings. The van der Waals surface area contributed by atoms with Crippen molar-refractivity contribution in [3.8, 4) is 6.07 Å². The molecule has 132 valence electrons. The van der Waals surface area contributed by atoms with Gasteiger partial charge in [-0.2, -0.15) is 5.26 Å². The van der Waals surface area contributed by atoms with E-state index in [0.717, 1.165) is 25.2 Å². The molecule has 2 atom stereocenters. The van der Waals surface area contributed by atoms with Gasteiger partial charge < -0.3 is 14.2 Å². The summed E-state index contributed by atoms with van der Waals surface area (Å²) in [6.45, 7) is 1.44. The predicted octanol–water partition coefficient (Wildman–Crippen LogP) is 2.00. The number of carbonyl (C=O) groups excluding carboxylic acids is 1. The number of piperazine rings is 1. The van der Waals surface area contributed by atoms with Crippen molar-refractivity contribution in [2.45, 2.75) is 37.8 Å².